The number of aromatic nitrogens is 2. The zero-order valence-corrected chi connectivity index (χ0v) is 12.8. The van der Waals surface area contributed by atoms with Gasteiger partial charge in [-0.15, -0.1) is 0 Å². The molecule has 0 saturated carbocycles. The van der Waals surface area contributed by atoms with Gasteiger partial charge in [-0.25, -0.2) is 0 Å². The summed E-state index contributed by atoms with van der Waals surface area (Å²) in [6.07, 6.45) is 2.87. The van der Waals surface area contributed by atoms with E-state index >= 15 is 0 Å². The van der Waals surface area contributed by atoms with Crippen LogP contribution >= 0.6 is 15.9 Å². The Balaban J connectivity index is 1.84. The van der Waals surface area contributed by atoms with Crippen LogP contribution in [0.2, 0.25) is 0 Å². The van der Waals surface area contributed by atoms with E-state index in [0.29, 0.717) is 6.04 Å². The molecule has 0 saturated heterocycles. The standard InChI is InChI=1S/C16H16BrN3/c1-2-15(11-3-6-13(17)7-4-11)19-14-8-5-12-10-18-20-16(12)9-14/h3-10,15,19H,2H2,1H3,(H,18,20). The normalized spacial score (nSPS) is 12.5. The number of rotatable bonds is 4. The van der Waals surface area contributed by atoms with Gasteiger partial charge in [0.2, 0.25) is 0 Å². The summed E-state index contributed by atoms with van der Waals surface area (Å²) < 4.78 is 1.11. The first kappa shape index (κ1) is 13.2. The Bertz CT molecular complexity index is 703. The lowest BCUT2D eigenvalue weighted by Crippen LogP contribution is -2.09. The zero-order chi connectivity index (χ0) is 13.9. The number of fused-ring (bicyclic) bond motifs is 1. The van der Waals surface area contributed by atoms with Gasteiger partial charge in [-0.1, -0.05) is 35.0 Å². The molecule has 3 aromatic rings. The van der Waals surface area contributed by atoms with Crippen LogP contribution in [0.25, 0.3) is 10.9 Å². The van der Waals surface area contributed by atoms with Gasteiger partial charge in [-0.2, -0.15) is 5.10 Å². The number of anilines is 1. The van der Waals surface area contributed by atoms with Crippen LogP contribution in [0.1, 0.15) is 24.9 Å². The van der Waals surface area contributed by atoms with E-state index < -0.39 is 0 Å². The summed E-state index contributed by atoms with van der Waals surface area (Å²) in [6, 6.07) is 15.1. The molecule has 0 amide bonds. The van der Waals surface area contributed by atoms with Crippen LogP contribution in [0.4, 0.5) is 5.69 Å². The zero-order valence-electron chi connectivity index (χ0n) is 11.2. The van der Waals surface area contributed by atoms with E-state index in [-0.39, 0.29) is 0 Å². The number of hydrogen-bond donors (Lipinski definition) is 2. The van der Waals surface area contributed by atoms with Crippen molar-refractivity contribution in [1.82, 2.24) is 10.2 Å². The first-order valence-electron chi connectivity index (χ1n) is 6.71. The van der Waals surface area contributed by atoms with Crippen molar-refractivity contribution in [2.75, 3.05) is 5.32 Å². The molecule has 0 aliphatic rings. The maximum atomic E-state index is 4.05. The highest BCUT2D eigenvalue weighted by Gasteiger charge is 2.09. The van der Waals surface area contributed by atoms with Crippen LogP contribution < -0.4 is 5.32 Å². The number of benzene rings is 2. The fraction of sp³-hybridized carbons (Fsp3) is 0.188. The number of nitrogens with zero attached hydrogens (tertiary/aromatic N) is 1. The monoisotopic (exact) mass is 329 g/mol. The second kappa shape index (κ2) is 5.67. The Morgan fingerprint density at radius 3 is 2.75 bits per heavy atom. The van der Waals surface area contributed by atoms with E-state index in [2.05, 4.69) is 80.8 Å². The Morgan fingerprint density at radius 2 is 2.00 bits per heavy atom. The van der Waals surface area contributed by atoms with Gasteiger partial charge < -0.3 is 5.32 Å². The minimum absolute atomic E-state index is 0.309. The summed E-state index contributed by atoms with van der Waals surface area (Å²) in [5.41, 5.74) is 3.46. The van der Waals surface area contributed by atoms with Crippen molar-refractivity contribution in [3.63, 3.8) is 0 Å². The maximum absolute atomic E-state index is 4.05. The third-order valence-electron chi connectivity index (χ3n) is 3.46. The molecule has 1 aromatic heterocycles. The van der Waals surface area contributed by atoms with E-state index in [1.165, 1.54) is 5.56 Å². The Labute approximate surface area is 126 Å². The molecule has 1 atom stereocenters. The molecule has 20 heavy (non-hydrogen) atoms. The molecule has 0 fully saturated rings. The first-order chi connectivity index (χ1) is 9.76. The van der Waals surface area contributed by atoms with Gasteiger partial charge in [0.05, 0.1) is 17.8 Å². The molecule has 0 aliphatic carbocycles. The van der Waals surface area contributed by atoms with Crippen molar-refractivity contribution < 1.29 is 0 Å². The van der Waals surface area contributed by atoms with E-state index in [9.17, 15) is 0 Å². The van der Waals surface area contributed by atoms with Gasteiger partial charge in [-0.3, -0.25) is 5.10 Å². The quantitative estimate of drug-likeness (QED) is 0.715. The molecule has 2 aromatic carbocycles. The number of halogens is 1. The Morgan fingerprint density at radius 1 is 1.20 bits per heavy atom. The molecule has 1 unspecified atom stereocenters. The third-order valence-corrected chi connectivity index (χ3v) is 3.99. The number of H-pyrrole nitrogens is 1. The topological polar surface area (TPSA) is 40.7 Å². The highest BCUT2D eigenvalue weighted by molar-refractivity contribution is 9.10. The predicted molar refractivity (Wildman–Crippen MR) is 86.9 cm³/mol. The molecule has 4 heteroatoms. The largest absolute Gasteiger partial charge is 0.378 e. The van der Waals surface area contributed by atoms with E-state index in [1.807, 2.05) is 6.20 Å². The van der Waals surface area contributed by atoms with Crippen LogP contribution in [-0.2, 0) is 0 Å². The summed E-state index contributed by atoms with van der Waals surface area (Å²) in [6.45, 7) is 2.19. The van der Waals surface area contributed by atoms with Crippen molar-refractivity contribution in [2.45, 2.75) is 19.4 Å². The van der Waals surface area contributed by atoms with Crippen molar-refractivity contribution in [3.05, 3.63) is 58.7 Å². The summed E-state index contributed by atoms with van der Waals surface area (Å²) >= 11 is 3.47. The lowest BCUT2D eigenvalue weighted by Gasteiger charge is -2.19. The number of hydrogen-bond acceptors (Lipinski definition) is 2. The Hall–Kier alpha value is -1.81. The van der Waals surface area contributed by atoms with Gasteiger partial charge in [0, 0.05) is 15.5 Å². The van der Waals surface area contributed by atoms with Crippen LogP contribution in [0.5, 0.6) is 0 Å². The van der Waals surface area contributed by atoms with Crippen molar-refractivity contribution >= 4 is 32.5 Å². The maximum Gasteiger partial charge on any atom is 0.0670 e. The fourth-order valence-corrected chi connectivity index (χ4v) is 2.61. The number of nitrogens with one attached hydrogen (secondary N) is 2. The SMILES string of the molecule is CCC(Nc1ccc2cn[nH]c2c1)c1ccc(Br)cc1. The molecule has 102 valence electrons. The van der Waals surface area contributed by atoms with Crippen molar-refractivity contribution in [1.29, 1.82) is 0 Å². The predicted octanol–water partition coefficient (Wildman–Crippen LogP) is 4.89. The van der Waals surface area contributed by atoms with E-state index in [1.54, 1.807) is 0 Å². The van der Waals surface area contributed by atoms with Gasteiger partial charge >= 0.3 is 0 Å². The molecular weight excluding hydrogens is 314 g/mol. The Kier molecular flexibility index (Phi) is 3.74. The molecule has 1 heterocycles. The molecule has 0 aliphatic heterocycles. The van der Waals surface area contributed by atoms with Crippen LogP contribution in [0.15, 0.2) is 53.1 Å². The highest BCUT2D eigenvalue weighted by Crippen LogP contribution is 2.25. The minimum atomic E-state index is 0.309. The van der Waals surface area contributed by atoms with Crippen molar-refractivity contribution in [2.24, 2.45) is 0 Å². The van der Waals surface area contributed by atoms with Crippen LogP contribution in [-0.4, -0.2) is 10.2 Å². The summed E-state index contributed by atoms with van der Waals surface area (Å²) in [5.74, 6) is 0. The third kappa shape index (κ3) is 2.70. The average Bonchev–Trinajstić information content (AvgIpc) is 2.93. The average molecular weight is 330 g/mol. The smallest absolute Gasteiger partial charge is 0.0670 e. The van der Waals surface area contributed by atoms with E-state index in [0.717, 1.165) is 27.5 Å². The summed E-state index contributed by atoms with van der Waals surface area (Å²) in [5, 5.41) is 11.8. The molecule has 0 radical (unpaired) electrons. The lowest BCUT2D eigenvalue weighted by atomic mass is 10.0. The van der Waals surface area contributed by atoms with Gasteiger partial charge in [-0.05, 0) is 42.3 Å². The molecular formula is C16H16BrN3. The first-order valence-corrected chi connectivity index (χ1v) is 7.50. The van der Waals surface area contributed by atoms with Crippen LogP contribution in [0, 0.1) is 0 Å². The molecule has 2 N–H and O–H groups in total. The second-order valence-corrected chi connectivity index (χ2v) is 5.74. The van der Waals surface area contributed by atoms with Crippen molar-refractivity contribution in [3.8, 4) is 0 Å². The minimum Gasteiger partial charge on any atom is -0.378 e. The summed E-state index contributed by atoms with van der Waals surface area (Å²) in [4.78, 5) is 0. The second-order valence-electron chi connectivity index (χ2n) is 4.83. The fourth-order valence-electron chi connectivity index (χ4n) is 2.34. The van der Waals surface area contributed by atoms with Crippen LogP contribution in [0.3, 0.4) is 0 Å². The van der Waals surface area contributed by atoms with E-state index in [4.69, 9.17) is 0 Å². The molecule has 3 rings (SSSR count). The molecule has 0 bridgehead atoms. The van der Waals surface area contributed by atoms with Gasteiger partial charge in [0.1, 0.15) is 0 Å². The summed E-state index contributed by atoms with van der Waals surface area (Å²) in [7, 11) is 0. The molecule has 0 spiro atoms. The lowest BCUT2D eigenvalue weighted by molar-refractivity contribution is 0.749. The molecule has 3 nitrogen and oxygen atoms in total. The number of aromatic amines is 1. The highest BCUT2D eigenvalue weighted by atomic mass is 79.9. The van der Waals surface area contributed by atoms with Gasteiger partial charge in [0.25, 0.3) is 0 Å². The van der Waals surface area contributed by atoms with Gasteiger partial charge in [0.15, 0.2) is 0 Å².